The van der Waals surface area contributed by atoms with E-state index in [4.69, 9.17) is 14.2 Å². The number of anilines is 1. The second-order valence-corrected chi connectivity index (χ2v) is 6.99. The van der Waals surface area contributed by atoms with Crippen LogP contribution in [0.1, 0.15) is 45.0 Å². The largest absolute Gasteiger partial charge is 0.462 e. The number of carbonyl (C=O) groups is 3. The molecule has 9 nitrogen and oxygen atoms in total. The van der Waals surface area contributed by atoms with E-state index in [1.54, 1.807) is 32.0 Å². The van der Waals surface area contributed by atoms with Gasteiger partial charge >= 0.3 is 12.0 Å². The molecule has 0 saturated heterocycles. The van der Waals surface area contributed by atoms with Gasteiger partial charge in [-0.2, -0.15) is 5.10 Å². The van der Waals surface area contributed by atoms with E-state index in [1.165, 1.54) is 13.1 Å². The van der Waals surface area contributed by atoms with Crippen molar-refractivity contribution in [2.75, 3.05) is 18.7 Å². The van der Waals surface area contributed by atoms with Gasteiger partial charge in [0.2, 0.25) is 6.79 Å². The molecule has 29 heavy (non-hydrogen) atoms. The first-order chi connectivity index (χ1) is 13.9. The van der Waals surface area contributed by atoms with E-state index >= 15 is 0 Å². The van der Waals surface area contributed by atoms with Gasteiger partial charge in [-0.1, -0.05) is 0 Å². The zero-order valence-electron chi connectivity index (χ0n) is 16.0. The first-order valence-corrected chi connectivity index (χ1v) is 9.53. The molecule has 0 bridgehead atoms. The Balaban J connectivity index is 1.70. The Morgan fingerprint density at radius 2 is 2.03 bits per heavy atom. The highest BCUT2D eigenvalue weighted by atomic mass is 32.1. The number of esters is 1. The molecule has 0 saturated carbocycles. The summed E-state index contributed by atoms with van der Waals surface area (Å²) < 4.78 is 15.5. The van der Waals surface area contributed by atoms with Crippen molar-refractivity contribution < 1.29 is 28.6 Å². The standard InChI is InChI=1S/C19H19N3O6S/c1-4-26-18(24)15-10(2)16(11(3)23)29-17(15)21-19(25)22-20-8-12-5-6-13-14(7-12)28-9-27-13/h5-8H,4,9H2,1-3H3,(H2,21,22,25)/b20-8+. The summed E-state index contributed by atoms with van der Waals surface area (Å²) in [6.07, 6.45) is 1.44. The van der Waals surface area contributed by atoms with Crippen molar-refractivity contribution in [3.63, 3.8) is 0 Å². The van der Waals surface area contributed by atoms with Crippen LogP contribution in [-0.2, 0) is 4.74 Å². The Bertz CT molecular complexity index is 998. The van der Waals surface area contributed by atoms with Crippen molar-refractivity contribution in [3.8, 4) is 11.5 Å². The Hall–Kier alpha value is -3.40. The number of benzene rings is 1. The number of ether oxygens (including phenoxy) is 3. The van der Waals surface area contributed by atoms with E-state index in [0.717, 1.165) is 11.3 Å². The minimum atomic E-state index is -0.663. The third kappa shape index (κ3) is 4.54. The number of nitrogens with one attached hydrogen (secondary N) is 2. The van der Waals surface area contributed by atoms with Gasteiger partial charge in [-0.05, 0) is 50.1 Å². The lowest BCUT2D eigenvalue weighted by molar-refractivity contribution is 0.0527. The minimum Gasteiger partial charge on any atom is -0.462 e. The number of hydrogen-bond donors (Lipinski definition) is 2. The molecule has 152 valence electrons. The van der Waals surface area contributed by atoms with Crippen LogP contribution >= 0.6 is 11.3 Å². The fourth-order valence-electron chi connectivity index (χ4n) is 2.68. The van der Waals surface area contributed by atoms with Crippen LogP contribution in [0.4, 0.5) is 9.80 Å². The lowest BCUT2D eigenvalue weighted by atomic mass is 10.1. The van der Waals surface area contributed by atoms with Crippen LogP contribution < -0.4 is 20.2 Å². The molecule has 0 atom stereocenters. The Labute approximate surface area is 170 Å². The maximum absolute atomic E-state index is 12.2. The second kappa shape index (κ2) is 8.74. The van der Waals surface area contributed by atoms with Gasteiger partial charge < -0.3 is 14.2 Å². The molecule has 1 aliphatic rings. The van der Waals surface area contributed by atoms with Gasteiger partial charge in [0.15, 0.2) is 17.3 Å². The average molecular weight is 417 g/mol. The molecular weight excluding hydrogens is 398 g/mol. The number of fused-ring (bicyclic) bond motifs is 1. The first-order valence-electron chi connectivity index (χ1n) is 8.71. The van der Waals surface area contributed by atoms with E-state index in [0.29, 0.717) is 27.5 Å². The summed E-state index contributed by atoms with van der Waals surface area (Å²) in [7, 11) is 0. The van der Waals surface area contributed by atoms with Crippen molar-refractivity contribution in [1.29, 1.82) is 0 Å². The summed E-state index contributed by atoms with van der Waals surface area (Å²) in [5.74, 6) is 0.442. The van der Waals surface area contributed by atoms with Crippen LogP contribution in [0.5, 0.6) is 11.5 Å². The summed E-state index contributed by atoms with van der Waals surface area (Å²) in [6.45, 7) is 5.06. The number of nitrogens with zero attached hydrogens (tertiary/aromatic N) is 1. The van der Waals surface area contributed by atoms with Crippen LogP contribution in [0.15, 0.2) is 23.3 Å². The molecule has 0 fully saturated rings. The molecule has 0 radical (unpaired) electrons. The number of ketones is 1. The van der Waals surface area contributed by atoms with Crippen molar-refractivity contribution >= 4 is 40.3 Å². The molecule has 3 rings (SSSR count). The summed E-state index contributed by atoms with van der Waals surface area (Å²) >= 11 is 1.02. The van der Waals surface area contributed by atoms with Gasteiger partial charge in [-0.15, -0.1) is 11.3 Å². The van der Waals surface area contributed by atoms with Crippen LogP contribution in [-0.4, -0.2) is 37.4 Å². The zero-order valence-corrected chi connectivity index (χ0v) is 16.8. The number of thiophene rings is 1. The SMILES string of the molecule is CCOC(=O)c1c(NC(=O)N/N=C/c2ccc3c(c2)OCO3)sc(C(C)=O)c1C. The van der Waals surface area contributed by atoms with Gasteiger partial charge in [0.25, 0.3) is 0 Å². The molecule has 1 aromatic carbocycles. The van der Waals surface area contributed by atoms with Gasteiger partial charge in [0, 0.05) is 0 Å². The first kappa shape index (κ1) is 20.3. The van der Waals surface area contributed by atoms with E-state index in [1.807, 2.05) is 0 Å². The number of hydrogen-bond acceptors (Lipinski definition) is 8. The Morgan fingerprint density at radius 3 is 2.76 bits per heavy atom. The normalized spacial score (nSPS) is 12.1. The quantitative estimate of drug-likeness (QED) is 0.322. The maximum atomic E-state index is 12.2. The monoisotopic (exact) mass is 417 g/mol. The Morgan fingerprint density at radius 1 is 1.28 bits per heavy atom. The highest BCUT2D eigenvalue weighted by molar-refractivity contribution is 7.18. The highest BCUT2D eigenvalue weighted by Gasteiger charge is 2.25. The van der Waals surface area contributed by atoms with Gasteiger partial charge in [-0.3, -0.25) is 10.1 Å². The molecule has 2 heterocycles. The van der Waals surface area contributed by atoms with E-state index < -0.39 is 12.0 Å². The number of amides is 2. The molecule has 0 unspecified atom stereocenters. The smallest absolute Gasteiger partial charge is 0.341 e. The predicted molar refractivity (Wildman–Crippen MR) is 107 cm³/mol. The molecule has 1 aromatic heterocycles. The predicted octanol–water partition coefficient (Wildman–Crippen LogP) is 3.32. The summed E-state index contributed by atoms with van der Waals surface area (Å²) in [5.41, 5.74) is 3.66. The molecule has 0 aliphatic carbocycles. The minimum absolute atomic E-state index is 0.164. The topological polar surface area (TPSA) is 115 Å². The van der Waals surface area contributed by atoms with Crippen LogP contribution in [0.3, 0.4) is 0 Å². The fourth-order valence-corrected chi connectivity index (χ4v) is 3.76. The maximum Gasteiger partial charge on any atom is 0.341 e. The lowest BCUT2D eigenvalue weighted by Gasteiger charge is -2.06. The van der Waals surface area contributed by atoms with Gasteiger partial charge in [-0.25, -0.2) is 15.0 Å². The molecule has 0 spiro atoms. The van der Waals surface area contributed by atoms with E-state index in [-0.39, 0.29) is 29.7 Å². The van der Waals surface area contributed by atoms with Gasteiger partial charge in [0.05, 0.1) is 23.3 Å². The molecule has 10 heteroatoms. The van der Waals surface area contributed by atoms with E-state index in [2.05, 4.69) is 15.8 Å². The number of Topliss-reactive ketones (excluding diaryl/α,β-unsaturated/α-hetero) is 1. The summed E-state index contributed by atoms with van der Waals surface area (Å²) in [6, 6.07) is 4.57. The molecule has 2 N–H and O–H groups in total. The zero-order chi connectivity index (χ0) is 21.0. The second-order valence-electron chi connectivity index (χ2n) is 5.97. The average Bonchev–Trinajstić information content (AvgIpc) is 3.25. The Kier molecular flexibility index (Phi) is 6.13. The van der Waals surface area contributed by atoms with Crippen molar-refractivity contribution in [2.24, 2.45) is 5.10 Å². The molecule has 1 aliphatic heterocycles. The van der Waals surface area contributed by atoms with Crippen LogP contribution in [0.25, 0.3) is 0 Å². The third-order valence-electron chi connectivity index (χ3n) is 3.95. The molecular formula is C19H19N3O6S. The number of urea groups is 1. The number of hydrazone groups is 1. The molecule has 2 amide bonds. The third-order valence-corrected chi connectivity index (χ3v) is 5.26. The lowest BCUT2D eigenvalue weighted by Crippen LogP contribution is -2.24. The van der Waals surface area contributed by atoms with Crippen LogP contribution in [0, 0.1) is 6.92 Å². The van der Waals surface area contributed by atoms with Crippen LogP contribution in [0.2, 0.25) is 0 Å². The van der Waals surface area contributed by atoms with Crippen molar-refractivity contribution in [3.05, 3.63) is 39.8 Å². The van der Waals surface area contributed by atoms with E-state index in [9.17, 15) is 14.4 Å². The molecule has 2 aromatic rings. The number of rotatable bonds is 6. The summed E-state index contributed by atoms with van der Waals surface area (Å²) in [5, 5.41) is 6.65. The highest BCUT2D eigenvalue weighted by Crippen LogP contribution is 2.34. The van der Waals surface area contributed by atoms with Gasteiger partial charge in [0.1, 0.15) is 5.00 Å². The number of carbonyl (C=O) groups excluding carboxylic acids is 3. The fraction of sp³-hybridized carbons (Fsp3) is 0.263. The summed E-state index contributed by atoms with van der Waals surface area (Å²) in [4.78, 5) is 36.6. The van der Waals surface area contributed by atoms with Crippen molar-refractivity contribution in [1.82, 2.24) is 5.43 Å². The van der Waals surface area contributed by atoms with Crippen molar-refractivity contribution in [2.45, 2.75) is 20.8 Å².